The quantitative estimate of drug-likeness (QED) is 0.486. The molecule has 2 aliphatic rings. The fraction of sp³-hybridized carbons (Fsp3) is 0.400. The number of sulfonamides is 1. The zero-order chi connectivity index (χ0) is 25.7. The van der Waals surface area contributed by atoms with E-state index in [-0.39, 0.29) is 16.3 Å². The first kappa shape index (κ1) is 24.6. The summed E-state index contributed by atoms with van der Waals surface area (Å²) in [5.74, 6) is 1.97. The Bertz CT molecular complexity index is 1440. The molecule has 0 atom stereocenters. The highest BCUT2D eigenvalue weighted by atomic mass is 35.5. The minimum Gasteiger partial charge on any atom is -0.491 e. The number of anilines is 3. The molecular formula is C25H29ClN6O3S. The van der Waals surface area contributed by atoms with Crippen molar-refractivity contribution >= 4 is 39.1 Å². The lowest BCUT2D eigenvalue weighted by Crippen LogP contribution is -2.31. The summed E-state index contributed by atoms with van der Waals surface area (Å²) in [6, 6.07) is 7.57. The second-order valence-electron chi connectivity index (χ2n) is 10.2. The number of pyridine rings is 1. The van der Waals surface area contributed by atoms with Crippen molar-refractivity contribution in [1.29, 1.82) is 0 Å². The number of ether oxygens (including phenoxy) is 1. The van der Waals surface area contributed by atoms with E-state index < -0.39 is 10.0 Å². The molecule has 11 heteroatoms. The number of benzene rings is 1. The molecule has 0 saturated heterocycles. The van der Waals surface area contributed by atoms with Crippen LogP contribution in [0.1, 0.15) is 37.1 Å². The Labute approximate surface area is 216 Å². The number of nitrogens with one attached hydrogen (secondary N) is 1. The summed E-state index contributed by atoms with van der Waals surface area (Å²) in [4.78, 5) is 15.6. The molecular weight excluding hydrogens is 500 g/mol. The van der Waals surface area contributed by atoms with Gasteiger partial charge in [-0.25, -0.2) is 18.4 Å². The lowest BCUT2D eigenvalue weighted by Gasteiger charge is -2.34. The third kappa shape index (κ3) is 5.19. The van der Waals surface area contributed by atoms with Crippen LogP contribution in [-0.4, -0.2) is 42.8 Å². The highest BCUT2D eigenvalue weighted by Crippen LogP contribution is 2.39. The van der Waals surface area contributed by atoms with Gasteiger partial charge in [0.2, 0.25) is 16.0 Å². The molecule has 0 radical (unpaired) electrons. The van der Waals surface area contributed by atoms with Crippen LogP contribution in [0.3, 0.4) is 0 Å². The van der Waals surface area contributed by atoms with E-state index in [9.17, 15) is 8.42 Å². The van der Waals surface area contributed by atoms with Gasteiger partial charge < -0.3 is 15.4 Å². The molecule has 36 heavy (non-hydrogen) atoms. The molecule has 1 aliphatic carbocycles. The molecule has 0 amide bonds. The smallest absolute Gasteiger partial charge is 0.229 e. The van der Waals surface area contributed by atoms with Gasteiger partial charge in [-0.05, 0) is 48.4 Å². The maximum Gasteiger partial charge on any atom is 0.229 e. The summed E-state index contributed by atoms with van der Waals surface area (Å²) in [7, 11) is -3.50. The predicted octanol–water partition coefficient (Wildman–Crippen LogP) is 4.06. The number of halogens is 1. The van der Waals surface area contributed by atoms with Crippen LogP contribution in [0.4, 0.5) is 17.5 Å². The molecule has 3 aromatic rings. The van der Waals surface area contributed by atoms with Crippen LogP contribution in [0, 0.1) is 5.41 Å². The molecule has 0 fully saturated rings. The molecule has 3 N–H and O–H groups in total. The molecule has 190 valence electrons. The van der Waals surface area contributed by atoms with E-state index in [2.05, 4.69) is 38.4 Å². The zero-order valence-electron chi connectivity index (χ0n) is 20.5. The number of fused-ring (bicyclic) bond motifs is 2. The van der Waals surface area contributed by atoms with Gasteiger partial charge in [-0.15, -0.1) is 0 Å². The predicted molar refractivity (Wildman–Crippen MR) is 142 cm³/mol. The van der Waals surface area contributed by atoms with E-state index in [0.29, 0.717) is 25.6 Å². The highest BCUT2D eigenvalue weighted by molar-refractivity contribution is 7.92. The Morgan fingerprint density at radius 1 is 1.19 bits per heavy atom. The van der Waals surface area contributed by atoms with Gasteiger partial charge in [0.05, 0.1) is 24.2 Å². The molecule has 1 aliphatic heterocycles. The Hall–Kier alpha value is -3.11. The van der Waals surface area contributed by atoms with E-state index in [1.807, 2.05) is 18.2 Å². The van der Waals surface area contributed by atoms with Crippen molar-refractivity contribution in [1.82, 2.24) is 15.0 Å². The summed E-state index contributed by atoms with van der Waals surface area (Å²) in [6.07, 6.45) is 5.55. The van der Waals surface area contributed by atoms with Crippen molar-refractivity contribution in [3.8, 4) is 16.9 Å². The molecule has 0 saturated carbocycles. The first-order chi connectivity index (χ1) is 17.0. The number of nitrogens with two attached hydrogens (primary N) is 1. The summed E-state index contributed by atoms with van der Waals surface area (Å²) in [5, 5.41) is 0.0856. The topological polar surface area (TPSA) is 123 Å². The van der Waals surface area contributed by atoms with E-state index in [1.54, 1.807) is 12.3 Å². The van der Waals surface area contributed by atoms with Gasteiger partial charge in [-0.1, -0.05) is 31.5 Å². The number of hydrogen-bond acceptors (Lipinski definition) is 8. The first-order valence-electron chi connectivity index (χ1n) is 11.8. The minimum absolute atomic E-state index is 0.0856. The van der Waals surface area contributed by atoms with Crippen molar-refractivity contribution in [2.45, 2.75) is 39.7 Å². The second-order valence-corrected chi connectivity index (χ2v) is 12.3. The Morgan fingerprint density at radius 3 is 2.78 bits per heavy atom. The second kappa shape index (κ2) is 9.08. The van der Waals surface area contributed by atoms with Gasteiger partial charge in [0, 0.05) is 29.4 Å². The van der Waals surface area contributed by atoms with E-state index in [1.165, 1.54) is 5.56 Å². The molecule has 5 rings (SSSR count). The van der Waals surface area contributed by atoms with Gasteiger partial charge in [0.15, 0.2) is 5.15 Å². The summed E-state index contributed by atoms with van der Waals surface area (Å²) in [5.41, 5.74) is 11.3. The summed E-state index contributed by atoms with van der Waals surface area (Å²) in [6.45, 7) is 6.31. The fourth-order valence-corrected chi connectivity index (χ4v) is 5.60. The van der Waals surface area contributed by atoms with Gasteiger partial charge in [0.25, 0.3) is 0 Å². The molecule has 0 spiro atoms. The average Bonchev–Trinajstić information content (AvgIpc) is 3.01. The van der Waals surface area contributed by atoms with Crippen molar-refractivity contribution < 1.29 is 13.2 Å². The zero-order valence-corrected chi connectivity index (χ0v) is 22.1. The van der Waals surface area contributed by atoms with E-state index in [0.717, 1.165) is 59.5 Å². The van der Waals surface area contributed by atoms with Crippen LogP contribution in [0.25, 0.3) is 11.1 Å². The number of rotatable bonds is 4. The summed E-state index contributed by atoms with van der Waals surface area (Å²) < 4.78 is 31.9. The van der Waals surface area contributed by atoms with Crippen LogP contribution in [0.2, 0.25) is 5.15 Å². The number of aryl methyl sites for hydroxylation is 1. The van der Waals surface area contributed by atoms with Gasteiger partial charge in [-0.3, -0.25) is 4.72 Å². The van der Waals surface area contributed by atoms with Crippen molar-refractivity contribution in [2.24, 2.45) is 5.41 Å². The molecule has 0 bridgehead atoms. The summed E-state index contributed by atoms with van der Waals surface area (Å²) >= 11 is 6.12. The fourth-order valence-electron chi connectivity index (χ4n) is 4.84. The average molecular weight is 529 g/mol. The van der Waals surface area contributed by atoms with E-state index >= 15 is 0 Å². The Morgan fingerprint density at radius 2 is 2.00 bits per heavy atom. The van der Waals surface area contributed by atoms with Crippen molar-refractivity contribution in [3.05, 3.63) is 52.4 Å². The number of nitrogens with zero attached hydrogens (tertiary/aromatic N) is 4. The van der Waals surface area contributed by atoms with Crippen molar-refractivity contribution in [2.75, 3.05) is 34.8 Å². The molecule has 9 nitrogen and oxygen atoms in total. The Balaban J connectivity index is 1.51. The van der Waals surface area contributed by atoms with Gasteiger partial charge >= 0.3 is 0 Å². The van der Waals surface area contributed by atoms with Gasteiger partial charge in [-0.2, -0.15) is 4.98 Å². The van der Waals surface area contributed by atoms with Crippen molar-refractivity contribution in [3.63, 3.8) is 0 Å². The number of nitrogen functional groups attached to an aromatic ring is 1. The number of hydrogen-bond donors (Lipinski definition) is 2. The first-order valence-corrected chi connectivity index (χ1v) is 14.0. The van der Waals surface area contributed by atoms with Crippen LogP contribution < -0.4 is 20.1 Å². The van der Waals surface area contributed by atoms with Crippen LogP contribution in [0.5, 0.6) is 5.75 Å². The van der Waals surface area contributed by atoms with Gasteiger partial charge in [0.1, 0.15) is 18.2 Å². The lowest BCUT2D eigenvalue weighted by atomic mass is 9.76. The Kier molecular flexibility index (Phi) is 6.20. The third-order valence-electron chi connectivity index (χ3n) is 6.59. The lowest BCUT2D eigenvalue weighted by molar-refractivity contribution is 0.311. The SMILES string of the molecule is CC1(C)CCc2nc(N)nc(N3CCOc4ccc(-c5cnc(Cl)c(NS(C)(=O)=O)c5)cc4C3)c2C1. The third-order valence-corrected chi connectivity index (χ3v) is 7.48. The monoisotopic (exact) mass is 528 g/mol. The molecule has 2 aromatic heterocycles. The van der Waals surface area contributed by atoms with E-state index in [4.69, 9.17) is 22.1 Å². The van der Waals surface area contributed by atoms with Crippen LogP contribution >= 0.6 is 11.6 Å². The maximum absolute atomic E-state index is 11.7. The standard InChI is InChI=1S/C25H29ClN6O3S/c1-25(2)7-6-19-18(12-25)23(30-24(27)29-19)32-8-9-35-21-5-4-15(10-17(21)14-32)16-11-20(22(26)28-13-16)31-36(3,33)34/h4-5,10-11,13,31H,6-9,12,14H2,1-3H3,(H2,27,29,30). The largest absolute Gasteiger partial charge is 0.491 e. The molecule has 1 aromatic carbocycles. The molecule has 3 heterocycles. The minimum atomic E-state index is -3.50. The molecule has 0 unspecified atom stereocenters. The van der Waals surface area contributed by atoms with Crippen LogP contribution in [-0.2, 0) is 29.4 Å². The number of aromatic nitrogens is 3. The highest BCUT2D eigenvalue weighted by Gasteiger charge is 2.31. The normalized spacial score (nSPS) is 16.9. The maximum atomic E-state index is 11.7. The van der Waals surface area contributed by atoms with Crippen LogP contribution in [0.15, 0.2) is 30.5 Å².